The van der Waals surface area contributed by atoms with Gasteiger partial charge in [0, 0.05) is 41.6 Å². The average molecular weight is 347 g/mol. The standard InChI is InChI=1S/C20H17N3OS/c1-14-13-25-20(22-14)16-6-4-8-18(12-16)24-17-7-3-5-15(11-17)19-21-9-10-23(19)2/h3-13H,1-2H3. The first kappa shape index (κ1) is 15.6. The third-order valence-corrected chi connectivity index (χ3v) is 4.86. The second-order valence-electron chi connectivity index (χ2n) is 5.81. The third kappa shape index (κ3) is 3.32. The van der Waals surface area contributed by atoms with E-state index in [0.717, 1.165) is 39.2 Å². The highest BCUT2D eigenvalue weighted by molar-refractivity contribution is 7.13. The van der Waals surface area contributed by atoms with Gasteiger partial charge in [0.05, 0.1) is 0 Å². The van der Waals surface area contributed by atoms with Crippen molar-refractivity contribution in [1.82, 2.24) is 14.5 Å². The van der Waals surface area contributed by atoms with Crippen LogP contribution in [0, 0.1) is 6.92 Å². The fraction of sp³-hybridized carbons (Fsp3) is 0.100. The van der Waals surface area contributed by atoms with Crippen molar-refractivity contribution in [2.45, 2.75) is 6.92 Å². The molecule has 2 aromatic carbocycles. The van der Waals surface area contributed by atoms with Crippen LogP contribution in [0.25, 0.3) is 22.0 Å². The fourth-order valence-electron chi connectivity index (χ4n) is 2.66. The summed E-state index contributed by atoms with van der Waals surface area (Å²) in [5, 5.41) is 3.06. The minimum Gasteiger partial charge on any atom is -0.457 e. The van der Waals surface area contributed by atoms with Gasteiger partial charge in [0.25, 0.3) is 0 Å². The molecule has 0 fully saturated rings. The second kappa shape index (κ2) is 6.53. The molecule has 0 spiro atoms. The highest BCUT2D eigenvalue weighted by Crippen LogP contribution is 2.30. The van der Waals surface area contributed by atoms with E-state index in [9.17, 15) is 0 Å². The molecule has 4 nitrogen and oxygen atoms in total. The molecule has 0 amide bonds. The van der Waals surface area contributed by atoms with Crippen molar-refractivity contribution in [3.63, 3.8) is 0 Å². The number of thiazole rings is 1. The van der Waals surface area contributed by atoms with Gasteiger partial charge in [0.1, 0.15) is 22.3 Å². The predicted octanol–water partition coefficient (Wildman–Crippen LogP) is 5.31. The molecule has 4 rings (SSSR count). The van der Waals surface area contributed by atoms with Crippen LogP contribution in [0.5, 0.6) is 11.5 Å². The van der Waals surface area contributed by atoms with Crippen LogP contribution in [-0.2, 0) is 7.05 Å². The van der Waals surface area contributed by atoms with E-state index in [0.29, 0.717) is 0 Å². The maximum absolute atomic E-state index is 6.07. The molecule has 0 unspecified atom stereocenters. The summed E-state index contributed by atoms with van der Waals surface area (Å²) in [5.74, 6) is 2.49. The Bertz CT molecular complexity index is 1020. The molecule has 0 N–H and O–H groups in total. The Morgan fingerprint density at radius 3 is 2.36 bits per heavy atom. The molecular weight excluding hydrogens is 330 g/mol. The van der Waals surface area contributed by atoms with Crippen LogP contribution in [0.15, 0.2) is 66.3 Å². The van der Waals surface area contributed by atoms with Crippen LogP contribution in [0.1, 0.15) is 5.69 Å². The lowest BCUT2D eigenvalue weighted by Crippen LogP contribution is -1.92. The van der Waals surface area contributed by atoms with Gasteiger partial charge in [0.15, 0.2) is 0 Å². The highest BCUT2D eigenvalue weighted by atomic mass is 32.1. The summed E-state index contributed by atoms with van der Waals surface area (Å²) >= 11 is 1.64. The first-order chi connectivity index (χ1) is 12.2. The normalized spacial score (nSPS) is 10.8. The Labute approximate surface area is 150 Å². The Morgan fingerprint density at radius 1 is 1.00 bits per heavy atom. The Balaban J connectivity index is 1.62. The molecule has 2 heterocycles. The summed E-state index contributed by atoms with van der Waals surface area (Å²) in [6.07, 6.45) is 3.73. The number of nitrogens with zero attached hydrogens (tertiary/aromatic N) is 3. The van der Waals surface area contributed by atoms with Gasteiger partial charge in [-0.25, -0.2) is 9.97 Å². The van der Waals surface area contributed by atoms with Crippen molar-refractivity contribution in [2.75, 3.05) is 0 Å². The van der Waals surface area contributed by atoms with Gasteiger partial charge < -0.3 is 9.30 Å². The zero-order valence-corrected chi connectivity index (χ0v) is 14.8. The molecule has 0 aliphatic carbocycles. The molecule has 0 saturated heterocycles. The lowest BCUT2D eigenvalue weighted by molar-refractivity contribution is 0.483. The van der Waals surface area contributed by atoms with E-state index in [2.05, 4.69) is 21.4 Å². The second-order valence-corrected chi connectivity index (χ2v) is 6.67. The Hall–Kier alpha value is -2.92. The van der Waals surface area contributed by atoms with Crippen molar-refractivity contribution in [2.24, 2.45) is 7.05 Å². The van der Waals surface area contributed by atoms with Gasteiger partial charge in [-0.1, -0.05) is 24.3 Å². The van der Waals surface area contributed by atoms with Crippen molar-refractivity contribution >= 4 is 11.3 Å². The van der Waals surface area contributed by atoms with Crippen LogP contribution in [0.3, 0.4) is 0 Å². The van der Waals surface area contributed by atoms with Gasteiger partial charge >= 0.3 is 0 Å². The minimum absolute atomic E-state index is 0.785. The number of hydrogen-bond donors (Lipinski definition) is 0. The van der Waals surface area contributed by atoms with E-state index >= 15 is 0 Å². The number of hydrogen-bond acceptors (Lipinski definition) is 4. The Kier molecular flexibility index (Phi) is 4.07. The highest BCUT2D eigenvalue weighted by Gasteiger charge is 2.07. The molecule has 4 aromatic rings. The van der Waals surface area contributed by atoms with Crippen molar-refractivity contribution in [3.8, 4) is 33.5 Å². The molecule has 2 aromatic heterocycles. The quantitative estimate of drug-likeness (QED) is 0.502. The van der Waals surface area contributed by atoms with Crippen molar-refractivity contribution in [1.29, 1.82) is 0 Å². The lowest BCUT2D eigenvalue weighted by Gasteiger charge is -2.09. The van der Waals surface area contributed by atoms with E-state index in [1.54, 1.807) is 17.5 Å². The summed E-state index contributed by atoms with van der Waals surface area (Å²) in [5.41, 5.74) is 3.13. The number of aryl methyl sites for hydroxylation is 2. The van der Waals surface area contributed by atoms with Gasteiger partial charge in [-0.15, -0.1) is 11.3 Å². The van der Waals surface area contributed by atoms with Crippen molar-refractivity contribution in [3.05, 3.63) is 72.0 Å². The van der Waals surface area contributed by atoms with Crippen LogP contribution in [-0.4, -0.2) is 14.5 Å². The lowest BCUT2D eigenvalue weighted by atomic mass is 10.2. The maximum Gasteiger partial charge on any atom is 0.139 e. The summed E-state index contributed by atoms with van der Waals surface area (Å²) < 4.78 is 8.06. The smallest absolute Gasteiger partial charge is 0.139 e. The fourth-order valence-corrected chi connectivity index (χ4v) is 3.45. The molecule has 0 atom stereocenters. The number of imidazole rings is 1. The summed E-state index contributed by atoms with van der Waals surface area (Å²) in [6, 6.07) is 16.0. The summed E-state index contributed by atoms with van der Waals surface area (Å²) in [4.78, 5) is 8.93. The van der Waals surface area contributed by atoms with Crippen LogP contribution in [0.2, 0.25) is 0 Å². The number of ether oxygens (including phenoxy) is 1. The molecule has 0 saturated carbocycles. The molecule has 5 heteroatoms. The van der Waals surface area contributed by atoms with Crippen LogP contribution < -0.4 is 4.74 Å². The zero-order chi connectivity index (χ0) is 17.2. The number of benzene rings is 2. The zero-order valence-electron chi connectivity index (χ0n) is 14.0. The topological polar surface area (TPSA) is 39.9 Å². The monoisotopic (exact) mass is 347 g/mol. The first-order valence-electron chi connectivity index (χ1n) is 7.97. The van der Waals surface area contributed by atoms with Crippen molar-refractivity contribution < 1.29 is 4.74 Å². The molecule has 0 aliphatic rings. The van der Waals surface area contributed by atoms with E-state index in [4.69, 9.17) is 4.74 Å². The largest absolute Gasteiger partial charge is 0.457 e. The molecular formula is C20H17N3OS. The molecule has 0 aliphatic heterocycles. The van der Waals surface area contributed by atoms with Gasteiger partial charge in [0.2, 0.25) is 0 Å². The van der Waals surface area contributed by atoms with Crippen LogP contribution >= 0.6 is 11.3 Å². The predicted molar refractivity (Wildman–Crippen MR) is 101 cm³/mol. The van der Waals surface area contributed by atoms with E-state index < -0.39 is 0 Å². The van der Waals surface area contributed by atoms with Gasteiger partial charge in [-0.3, -0.25) is 0 Å². The van der Waals surface area contributed by atoms with E-state index in [1.807, 2.05) is 67.2 Å². The van der Waals surface area contributed by atoms with Gasteiger partial charge in [-0.2, -0.15) is 0 Å². The van der Waals surface area contributed by atoms with E-state index in [-0.39, 0.29) is 0 Å². The van der Waals surface area contributed by atoms with E-state index in [1.165, 1.54) is 0 Å². The minimum atomic E-state index is 0.785. The summed E-state index contributed by atoms with van der Waals surface area (Å²) in [7, 11) is 1.98. The molecule has 25 heavy (non-hydrogen) atoms. The molecule has 0 radical (unpaired) electrons. The third-order valence-electron chi connectivity index (χ3n) is 3.85. The number of rotatable bonds is 4. The maximum atomic E-state index is 6.07. The SMILES string of the molecule is Cc1csc(-c2cccc(Oc3cccc(-c4nccn4C)c3)c2)n1. The average Bonchev–Trinajstić information content (AvgIpc) is 3.24. The first-order valence-corrected chi connectivity index (χ1v) is 8.85. The van der Waals surface area contributed by atoms with Crippen LogP contribution in [0.4, 0.5) is 0 Å². The molecule has 0 bridgehead atoms. The molecule has 124 valence electrons. The van der Waals surface area contributed by atoms with Gasteiger partial charge in [-0.05, 0) is 31.2 Å². The number of aromatic nitrogens is 3. The Morgan fingerprint density at radius 2 is 1.72 bits per heavy atom. The summed E-state index contributed by atoms with van der Waals surface area (Å²) in [6.45, 7) is 2.00.